The molecule has 0 radical (unpaired) electrons. The van der Waals surface area contributed by atoms with Crippen molar-refractivity contribution in [3.63, 3.8) is 0 Å². The molecule has 2 heterocycles. The minimum absolute atomic E-state index is 0.0518. The molecule has 0 aliphatic carbocycles. The maximum Gasteiger partial charge on any atom is 0.220 e. The van der Waals surface area contributed by atoms with Crippen molar-refractivity contribution in [1.82, 2.24) is 19.9 Å². The zero-order valence-electron chi connectivity index (χ0n) is 16.9. The van der Waals surface area contributed by atoms with Crippen molar-refractivity contribution >= 4 is 43.8 Å². The molecule has 0 amide bonds. The number of anilines is 2. The molecule has 0 aliphatic heterocycles. The second kappa shape index (κ2) is 9.99. The van der Waals surface area contributed by atoms with Crippen LogP contribution in [-0.2, 0) is 14.6 Å². The highest BCUT2D eigenvalue weighted by molar-refractivity contribution is 7.94. The number of sulfone groups is 1. The molecule has 164 valence electrons. The molecule has 0 unspecified atom stereocenters. The molecule has 0 saturated heterocycles. The van der Waals surface area contributed by atoms with E-state index in [1.807, 2.05) is 19.0 Å². The molecule has 1 aromatic carbocycles. The van der Waals surface area contributed by atoms with Gasteiger partial charge in [0.15, 0.2) is 5.03 Å². The number of ether oxygens (including phenoxy) is 1. The van der Waals surface area contributed by atoms with Crippen LogP contribution in [-0.4, -0.2) is 55.5 Å². The lowest BCUT2D eigenvalue weighted by molar-refractivity contribution is 0.228. The Morgan fingerprint density at radius 1 is 1.23 bits per heavy atom. The monoisotopic (exact) mass is 465 g/mol. The standard InChI is InChI=1S/C20H21ClFN5O3S/c1-27(2)6-3-7-30-8-9-31(28,29)19-11-15-18(12-23-19)24-13-25-20(15)26-14-4-5-17(22)16(21)10-14/h4-5,8-13H,3,6-7H2,1-2H3,(H,24,25,26)/b9-8+. The van der Waals surface area contributed by atoms with Gasteiger partial charge in [0.05, 0.1) is 35.0 Å². The Kier molecular flexibility index (Phi) is 7.37. The Labute approximate surface area is 184 Å². The van der Waals surface area contributed by atoms with Crippen molar-refractivity contribution in [2.75, 3.05) is 32.6 Å². The lowest BCUT2D eigenvalue weighted by Gasteiger charge is -2.10. The van der Waals surface area contributed by atoms with Gasteiger partial charge in [0, 0.05) is 17.6 Å². The Hall–Kier alpha value is -2.82. The van der Waals surface area contributed by atoms with Gasteiger partial charge in [-0.25, -0.2) is 27.8 Å². The number of nitrogens with zero attached hydrogens (tertiary/aromatic N) is 4. The summed E-state index contributed by atoms with van der Waals surface area (Å²) in [7, 11) is 0.0569. The van der Waals surface area contributed by atoms with Crippen LogP contribution in [0.15, 0.2) is 53.5 Å². The van der Waals surface area contributed by atoms with E-state index in [2.05, 4.69) is 20.3 Å². The van der Waals surface area contributed by atoms with Crippen LogP contribution in [0.1, 0.15) is 6.42 Å². The highest BCUT2D eigenvalue weighted by Gasteiger charge is 2.16. The Morgan fingerprint density at radius 3 is 2.77 bits per heavy atom. The maximum atomic E-state index is 13.4. The number of rotatable bonds is 9. The van der Waals surface area contributed by atoms with Crippen molar-refractivity contribution in [3.05, 3.63) is 59.3 Å². The van der Waals surface area contributed by atoms with E-state index >= 15 is 0 Å². The summed E-state index contributed by atoms with van der Waals surface area (Å²) in [4.78, 5) is 14.3. The molecular weight excluding hydrogens is 445 g/mol. The van der Waals surface area contributed by atoms with E-state index in [9.17, 15) is 12.8 Å². The number of nitrogens with one attached hydrogen (secondary N) is 1. The van der Waals surface area contributed by atoms with Gasteiger partial charge >= 0.3 is 0 Å². The molecule has 0 fully saturated rings. The van der Waals surface area contributed by atoms with E-state index in [0.29, 0.717) is 29.0 Å². The minimum atomic E-state index is -3.84. The van der Waals surface area contributed by atoms with Gasteiger partial charge in [-0.3, -0.25) is 0 Å². The van der Waals surface area contributed by atoms with Crippen LogP contribution in [0.2, 0.25) is 5.02 Å². The Balaban J connectivity index is 1.82. The van der Waals surface area contributed by atoms with E-state index in [1.165, 1.54) is 36.8 Å². The SMILES string of the molecule is CN(C)CCCO/C=C/S(=O)(=O)c1cc2c(Nc3ccc(F)c(Cl)c3)ncnc2cn1. The van der Waals surface area contributed by atoms with E-state index in [0.717, 1.165) is 24.6 Å². The van der Waals surface area contributed by atoms with Crippen molar-refractivity contribution in [2.24, 2.45) is 0 Å². The second-order valence-electron chi connectivity index (χ2n) is 6.86. The predicted octanol–water partition coefficient (Wildman–Crippen LogP) is 3.77. The molecule has 1 N–H and O–H groups in total. The summed E-state index contributed by atoms with van der Waals surface area (Å²) in [5, 5.41) is 4.16. The zero-order valence-corrected chi connectivity index (χ0v) is 18.5. The molecule has 3 aromatic rings. The number of pyridine rings is 1. The normalized spacial score (nSPS) is 12.0. The Bertz CT molecular complexity index is 1200. The summed E-state index contributed by atoms with van der Waals surface area (Å²) in [5.74, 6) is -0.219. The highest BCUT2D eigenvalue weighted by atomic mass is 35.5. The molecule has 11 heteroatoms. The largest absolute Gasteiger partial charge is 0.500 e. The van der Waals surface area contributed by atoms with E-state index in [4.69, 9.17) is 16.3 Å². The fourth-order valence-electron chi connectivity index (χ4n) is 2.62. The molecule has 0 bridgehead atoms. The molecule has 3 rings (SSSR count). The smallest absolute Gasteiger partial charge is 0.220 e. The first-order valence-corrected chi connectivity index (χ1v) is 11.2. The first-order chi connectivity index (χ1) is 14.8. The number of halogens is 2. The van der Waals surface area contributed by atoms with Crippen LogP contribution in [0.3, 0.4) is 0 Å². The Morgan fingerprint density at radius 2 is 2.03 bits per heavy atom. The van der Waals surface area contributed by atoms with Crippen molar-refractivity contribution in [2.45, 2.75) is 11.4 Å². The minimum Gasteiger partial charge on any atom is -0.500 e. The van der Waals surface area contributed by atoms with Gasteiger partial charge in [-0.15, -0.1) is 0 Å². The van der Waals surface area contributed by atoms with Crippen LogP contribution < -0.4 is 5.32 Å². The van der Waals surface area contributed by atoms with Gasteiger partial charge < -0.3 is 15.0 Å². The average molecular weight is 466 g/mol. The summed E-state index contributed by atoms with van der Waals surface area (Å²) in [6.45, 7) is 1.24. The summed E-state index contributed by atoms with van der Waals surface area (Å²) < 4.78 is 43.9. The molecule has 0 aliphatic rings. The van der Waals surface area contributed by atoms with Crippen LogP contribution in [0.4, 0.5) is 15.9 Å². The molecule has 0 spiro atoms. The molecule has 0 saturated carbocycles. The summed E-state index contributed by atoms with van der Waals surface area (Å²) in [6.07, 6.45) is 4.58. The second-order valence-corrected chi connectivity index (χ2v) is 9.05. The van der Waals surface area contributed by atoms with Crippen molar-refractivity contribution in [1.29, 1.82) is 0 Å². The maximum absolute atomic E-state index is 13.4. The predicted molar refractivity (Wildman–Crippen MR) is 117 cm³/mol. The van der Waals surface area contributed by atoms with Crippen LogP contribution in [0.25, 0.3) is 10.9 Å². The lowest BCUT2D eigenvalue weighted by atomic mass is 10.2. The van der Waals surface area contributed by atoms with Gasteiger partial charge in [-0.2, -0.15) is 0 Å². The quantitative estimate of drug-likeness (QED) is 0.376. The van der Waals surface area contributed by atoms with Crippen LogP contribution >= 0.6 is 11.6 Å². The van der Waals surface area contributed by atoms with Crippen molar-refractivity contribution in [3.8, 4) is 0 Å². The zero-order chi connectivity index (χ0) is 22.4. The topological polar surface area (TPSA) is 97.3 Å². The van der Waals surface area contributed by atoms with Crippen LogP contribution in [0, 0.1) is 5.82 Å². The van der Waals surface area contributed by atoms with E-state index in [1.54, 1.807) is 0 Å². The molecule has 8 nitrogen and oxygen atoms in total. The molecular formula is C20H21ClFN5O3S. The number of hydrogen-bond donors (Lipinski definition) is 1. The van der Waals surface area contributed by atoms with Gasteiger partial charge in [-0.1, -0.05) is 11.6 Å². The third-order valence-electron chi connectivity index (χ3n) is 4.17. The first-order valence-electron chi connectivity index (χ1n) is 9.27. The summed E-state index contributed by atoms with van der Waals surface area (Å²) >= 11 is 5.82. The third kappa shape index (κ3) is 6.09. The lowest BCUT2D eigenvalue weighted by Crippen LogP contribution is -2.14. The van der Waals surface area contributed by atoms with Gasteiger partial charge in [-0.05, 0) is 44.8 Å². The molecule has 2 aromatic heterocycles. The number of aromatic nitrogens is 3. The van der Waals surface area contributed by atoms with Gasteiger partial charge in [0.2, 0.25) is 9.84 Å². The fourth-order valence-corrected chi connectivity index (χ4v) is 3.65. The highest BCUT2D eigenvalue weighted by Crippen LogP contribution is 2.27. The van der Waals surface area contributed by atoms with E-state index in [-0.39, 0.29) is 10.0 Å². The average Bonchev–Trinajstić information content (AvgIpc) is 2.73. The van der Waals surface area contributed by atoms with Gasteiger partial charge in [0.1, 0.15) is 18.0 Å². The van der Waals surface area contributed by atoms with Gasteiger partial charge in [0.25, 0.3) is 0 Å². The number of hydrogen-bond acceptors (Lipinski definition) is 8. The summed E-state index contributed by atoms with van der Waals surface area (Å²) in [5.41, 5.74) is 0.923. The van der Waals surface area contributed by atoms with Crippen LogP contribution in [0.5, 0.6) is 0 Å². The molecule has 0 atom stereocenters. The first kappa shape index (κ1) is 22.9. The van der Waals surface area contributed by atoms with Crippen molar-refractivity contribution < 1.29 is 17.5 Å². The fraction of sp³-hybridized carbons (Fsp3) is 0.250. The third-order valence-corrected chi connectivity index (χ3v) is 5.73. The van der Waals surface area contributed by atoms with E-state index < -0.39 is 15.7 Å². The number of fused-ring (bicyclic) bond motifs is 1. The number of benzene rings is 1. The molecule has 31 heavy (non-hydrogen) atoms. The summed E-state index contributed by atoms with van der Waals surface area (Å²) in [6, 6.07) is 5.48.